The molecule has 0 atom stereocenters. The van der Waals surface area contributed by atoms with Crippen LogP contribution in [0.1, 0.15) is 16.7 Å². The number of rotatable bonds is 4. The smallest absolute Gasteiger partial charge is 0.264 e. The Hall–Kier alpha value is -3.45. The van der Waals surface area contributed by atoms with Crippen LogP contribution in [0.2, 0.25) is 5.02 Å². The first kappa shape index (κ1) is 19.8. The molecule has 4 rings (SSSR count). The summed E-state index contributed by atoms with van der Waals surface area (Å²) in [4.78, 5) is 29.7. The van der Waals surface area contributed by atoms with Gasteiger partial charge in [-0.05, 0) is 55.7 Å². The number of nitrogens with one attached hydrogen (secondary N) is 1. The van der Waals surface area contributed by atoms with E-state index in [0.29, 0.717) is 21.7 Å². The fourth-order valence-electron chi connectivity index (χ4n) is 3.23. The fourth-order valence-corrected chi connectivity index (χ4v) is 3.41. The molecule has 0 aliphatic heterocycles. The van der Waals surface area contributed by atoms with Crippen molar-refractivity contribution >= 4 is 34.2 Å². The van der Waals surface area contributed by atoms with Crippen LogP contribution in [0, 0.1) is 20.8 Å². The fraction of sp³-hybridized carbons (Fsp3) is 0.182. The average molecular weight is 422 g/mol. The molecular weight excluding hydrogens is 402 g/mol. The Bertz CT molecular complexity index is 1340. The van der Waals surface area contributed by atoms with Crippen LogP contribution in [0.15, 0.2) is 53.7 Å². The first-order chi connectivity index (χ1) is 14.3. The van der Waals surface area contributed by atoms with Gasteiger partial charge in [-0.25, -0.2) is 9.67 Å². The molecule has 2 aromatic carbocycles. The van der Waals surface area contributed by atoms with Crippen LogP contribution in [-0.4, -0.2) is 25.2 Å². The van der Waals surface area contributed by atoms with E-state index in [1.807, 2.05) is 45.0 Å². The SMILES string of the molecule is Cc1ccc(NC(=O)Cn2cnc3c(cnn3-c3cccc(C)c3C)c2=O)cc1Cl. The number of fused-ring (bicyclic) bond motifs is 1. The van der Waals surface area contributed by atoms with Crippen LogP contribution in [0.3, 0.4) is 0 Å². The molecule has 4 aromatic rings. The first-order valence-corrected chi connectivity index (χ1v) is 9.78. The van der Waals surface area contributed by atoms with Gasteiger partial charge in [-0.1, -0.05) is 29.8 Å². The van der Waals surface area contributed by atoms with Gasteiger partial charge in [0.05, 0.1) is 11.9 Å². The van der Waals surface area contributed by atoms with Gasteiger partial charge in [0.15, 0.2) is 5.65 Å². The average Bonchev–Trinajstić information content (AvgIpc) is 3.14. The molecular formula is C22H20ClN5O2. The Morgan fingerprint density at radius 2 is 1.93 bits per heavy atom. The molecule has 0 saturated carbocycles. The van der Waals surface area contributed by atoms with Gasteiger partial charge in [-0.3, -0.25) is 14.2 Å². The highest BCUT2D eigenvalue weighted by Gasteiger charge is 2.15. The Kier molecular flexibility index (Phi) is 5.13. The summed E-state index contributed by atoms with van der Waals surface area (Å²) in [5.41, 5.74) is 4.66. The number of aryl methyl sites for hydroxylation is 2. The van der Waals surface area contributed by atoms with Crippen LogP contribution < -0.4 is 10.9 Å². The molecule has 0 aliphatic carbocycles. The van der Waals surface area contributed by atoms with Crippen LogP contribution in [-0.2, 0) is 11.3 Å². The molecule has 0 aliphatic rings. The van der Waals surface area contributed by atoms with E-state index in [1.54, 1.807) is 16.8 Å². The van der Waals surface area contributed by atoms with Crippen molar-refractivity contribution in [2.45, 2.75) is 27.3 Å². The summed E-state index contributed by atoms with van der Waals surface area (Å²) in [6.45, 7) is 5.74. The highest BCUT2D eigenvalue weighted by molar-refractivity contribution is 6.31. The van der Waals surface area contributed by atoms with Gasteiger partial charge in [0.1, 0.15) is 18.3 Å². The van der Waals surface area contributed by atoms with Gasteiger partial charge < -0.3 is 5.32 Å². The predicted octanol–water partition coefficient (Wildman–Crippen LogP) is 3.80. The summed E-state index contributed by atoms with van der Waals surface area (Å²) < 4.78 is 2.92. The van der Waals surface area contributed by atoms with Gasteiger partial charge in [-0.15, -0.1) is 0 Å². The maximum Gasteiger partial charge on any atom is 0.264 e. The Labute approximate surface area is 177 Å². The summed E-state index contributed by atoms with van der Waals surface area (Å²) in [5, 5.41) is 8.02. The molecule has 0 bridgehead atoms. The monoisotopic (exact) mass is 421 g/mol. The largest absolute Gasteiger partial charge is 0.324 e. The quantitative estimate of drug-likeness (QED) is 0.543. The molecule has 0 spiro atoms. The van der Waals surface area contributed by atoms with E-state index in [9.17, 15) is 9.59 Å². The molecule has 7 nitrogen and oxygen atoms in total. The van der Waals surface area contributed by atoms with Crippen molar-refractivity contribution < 1.29 is 4.79 Å². The van der Waals surface area contributed by atoms with Gasteiger partial charge >= 0.3 is 0 Å². The number of anilines is 1. The lowest BCUT2D eigenvalue weighted by Crippen LogP contribution is -2.27. The van der Waals surface area contributed by atoms with Crippen molar-refractivity contribution in [1.29, 1.82) is 0 Å². The van der Waals surface area contributed by atoms with Crippen LogP contribution in [0.4, 0.5) is 5.69 Å². The normalized spacial score (nSPS) is 11.1. The van der Waals surface area contributed by atoms with Crippen LogP contribution >= 0.6 is 11.6 Å². The van der Waals surface area contributed by atoms with Crippen LogP contribution in [0.25, 0.3) is 16.7 Å². The third-order valence-electron chi connectivity index (χ3n) is 5.13. The molecule has 2 heterocycles. The van der Waals surface area contributed by atoms with E-state index in [1.165, 1.54) is 17.1 Å². The van der Waals surface area contributed by atoms with Crippen molar-refractivity contribution in [1.82, 2.24) is 19.3 Å². The van der Waals surface area contributed by atoms with Gasteiger partial charge in [0.25, 0.3) is 5.56 Å². The van der Waals surface area contributed by atoms with Crippen molar-refractivity contribution in [2.24, 2.45) is 0 Å². The minimum absolute atomic E-state index is 0.165. The summed E-state index contributed by atoms with van der Waals surface area (Å²) in [5.74, 6) is -0.347. The Morgan fingerprint density at radius 3 is 2.70 bits per heavy atom. The lowest BCUT2D eigenvalue weighted by atomic mass is 10.1. The minimum Gasteiger partial charge on any atom is -0.324 e. The maximum atomic E-state index is 12.9. The van der Waals surface area contributed by atoms with E-state index in [4.69, 9.17) is 11.6 Å². The van der Waals surface area contributed by atoms with E-state index >= 15 is 0 Å². The molecule has 8 heteroatoms. The molecule has 0 fully saturated rings. The van der Waals surface area contributed by atoms with Crippen molar-refractivity contribution in [3.8, 4) is 5.69 Å². The summed E-state index contributed by atoms with van der Waals surface area (Å²) in [7, 11) is 0. The lowest BCUT2D eigenvalue weighted by Gasteiger charge is -2.10. The summed E-state index contributed by atoms with van der Waals surface area (Å²) in [6.07, 6.45) is 2.86. The highest BCUT2D eigenvalue weighted by Crippen LogP contribution is 2.21. The minimum atomic E-state index is -0.347. The number of carbonyl (C=O) groups excluding carboxylic acids is 1. The Morgan fingerprint density at radius 1 is 1.13 bits per heavy atom. The van der Waals surface area contributed by atoms with Crippen molar-refractivity contribution in [3.63, 3.8) is 0 Å². The van der Waals surface area contributed by atoms with E-state index in [-0.39, 0.29) is 18.0 Å². The van der Waals surface area contributed by atoms with Gasteiger partial charge in [-0.2, -0.15) is 5.10 Å². The zero-order valence-corrected chi connectivity index (χ0v) is 17.6. The second-order valence-electron chi connectivity index (χ2n) is 7.20. The van der Waals surface area contributed by atoms with E-state index in [2.05, 4.69) is 15.4 Å². The van der Waals surface area contributed by atoms with Crippen molar-refractivity contribution in [3.05, 3.63) is 81.0 Å². The van der Waals surface area contributed by atoms with Crippen molar-refractivity contribution in [2.75, 3.05) is 5.32 Å². The van der Waals surface area contributed by atoms with Crippen LogP contribution in [0.5, 0.6) is 0 Å². The summed E-state index contributed by atoms with van der Waals surface area (Å²) >= 11 is 6.10. The van der Waals surface area contributed by atoms with Gasteiger partial charge in [0, 0.05) is 10.7 Å². The second-order valence-corrected chi connectivity index (χ2v) is 7.61. The molecule has 1 amide bonds. The maximum absolute atomic E-state index is 12.9. The molecule has 0 unspecified atom stereocenters. The molecule has 30 heavy (non-hydrogen) atoms. The second kappa shape index (κ2) is 7.76. The molecule has 2 aromatic heterocycles. The number of halogens is 1. The number of benzene rings is 2. The lowest BCUT2D eigenvalue weighted by molar-refractivity contribution is -0.116. The molecule has 0 saturated heterocycles. The standard InChI is InChI=1S/C22H20ClN5O2/c1-13-5-4-6-19(15(13)3)28-21-17(10-25-28)22(30)27(12-24-21)11-20(29)26-16-8-7-14(2)18(23)9-16/h4-10,12H,11H2,1-3H3,(H,26,29). The topological polar surface area (TPSA) is 81.8 Å². The number of carbonyl (C=O) groups is 1. The molecule has 0 radical (unpaired) electrons. The molecule has 1 N–H and O–H groups in total. The highest BCUT2D eigenvalue weighted by atomic mass is 35.5. The van der Waals surface area contributed by atoms with E-state index in [0.717, 1.165) is 22.4 Å². The number of hydrogen-bond donors (Lipinski definition) is 1. The third-order valence-corrected chi connectivity index (χ3v) is 5.54. The zero-order chi connectivity index (χ0) is 21.4. The zero-order valence-electron chi connectivity index (χ0n) is 16.8. The third kappa shape index (κ3) is 3.59. The number of hydrogen-bond acceptors (Lipinski definition) is 4. The molecule has 152 valence electrons. The number of amides is 1. The van der Waals surface area contributed by atoms with E-state index < -0.39 is 0 Å². The summed E-state index contributed by atoms with van der Waals surface area (Å²) in [6, 6.07) is 11.1. The Balaban J connectivity index is 1.63. The first-order valence-electron chi connectivity index (χ1n) is 9.41. The predicted molar refractivity (Wildman–Crippen MR) is 117 cm³/mol. The number of nitrogens with zero attached hydrogens (tertiary/aromatic N) is 4. The number of aromatic nitrogens is 4. The van der Waals surface area contributed by atoms with Gasteiger partial charge in [0.2, 0.25) is 5.91 Å².